The molecule has 0 aromatic rings. The van der Waals surface area contributed by atoms with Crippen molar-refractivity contribution >= 4 is 0 Å². The summed E-state index contributed by atoms with van der Waals surface area (Å²) >= 11 is 0. The normalized spacial score (nSPS) is 14.9. The van der Waals surface area contributed by atoms with Crippen LogP contribution in [0.25, 0.3) is 0 Å². The van der Waals surface area contributed by atoms with E-state index in [-0.39, 0.29) is 12.1 Å². The highest BCUT2D eigenvalue weighted by Gasteiger charge is 2.09. The summed E-state index contributed by atoms with van der Waals surface area (Å²) < 4.78 is 0. The first-order valence-electron chi connectivity index (χ1n) is 4.34. The van der Waals surface area contributed by atoms with Crippen LogP contribution in [0, 0.1) is 0 Å². The van der Waals surface area contributed by atoms with Crippen molar-refractivity contribution in [1.29, 1.82) is 0 Å². The summed E-state index contributed by atoms with van der Waals surface area (Å²) in [7, 11) is 0. The fourth-order valence-electron chi connectivity index (χ4n) is 1.23. The molecule has 0 fully saturated rings. The summed E-state index contributed by atoms with van der Waals surface area (Å²) in [6.45, 7) is 3.57. The summed E-state index contributed by atoms with van der Waals surface area (Å²) in [6.07, 6.45) is 5.08. The molecule has 0 saturated heterocycles. The second-order valence-corrected chi connectivity index (χ2v) is 2.93. The molecular weight excluding hydrogens is 170 g/mol. The van der Waals surface area contributed by atoms with E-state index in [4.69, 9.17) is 10.8 Å². The predicted molar refractivity (Wildman–Crippen MR) is 51.8 cm³/mol. The molecule has 78 valence electrons. The fraction of sp³-hybridized carbons (Fsp3) is 0.750. The van der Waals surface area contributed by atoms with Gasteiger partial charge in [0.1, 0.15) is 0 Å². The van der Waals surface area contributed by atoms with E-state index in [0.717, 1.165) is 32.7 Å². The van der Waals surface area contributed by atoms with Crippen molar-refractivity contribution in [2.75, 3.05) is 32.9 Å². The van der Waals surface area contributed by atoms with E-state index in [1.54, 1.807) is 0 Å². The third-order valence-corrected chi connectivity index (χ3v) is 1.89. The standard InChI is InChI=1S/C8H17N3O.H2O/c9-2-1-3-10-4-5-11(8-10)6-7-12;/h4-5,12H,1-3,6-9H2;1H2. The lowest BCUT2D eigenvalue weighted by Gasteiger charge is -2.19. The summed E-state index contributed by atoms with van der Waals surface area (Å²) in [5.41, 5.74) is 5.40. The zero-order valence-electron chi connectivity index (χ0n) is 7.82. The Morgan fingerprint density at radius 3 is 2.38 bits per heavy atom. The van der Waals surface area contributed by atoms with Gasteiger partial charge >= 0.3 is 0 Å². The monoisotopic (exact) mass is 189 g/mol. The number of aliphatic hydroxyl groups excluding tert-OH is 1. The maximum Gasteiger partial charge on any atom is 0.0894 e. The van der Waals surface area contributed by atoms with Gasteiger partial charge in [-0.2, -0.15) is 0 Å². The first kappa shape index (κ1) is 12.2. The van der Waals surface area contributed by atoms with Crippen molar-refractivity contribution in [1.82, 2.24) is 9.80 Å². The number of hydrogen-bond acceptors (Lipinski definition) is 4. The summed E-state index contributed by atoms with van der Waals surface area (Å²) in [5.74, 6) is 0. The predicted octanol–water partition coefficient (Wildman–Crippen LogP) is -1.45. The van der Waals surface area contributed by atoms with Gasteiger partial charge in [0.2, 0.25) is 0 Å². The molecule has 1 aliphatic rings. The van der Waals surface area contributed by atoms with Crippen LogP contribution in [0.2, 0.25) is 0 Å². The van der Waals surface area contributed by atoms with Gasteiger partial charge in [-0.15, -0.1) is 0 Å². The van der Waals surface area contributed by atoms with Crippen molar-refractivity contribution < 1.29 is 10.6 Å². The van der Waals surface area contributed by atoms with E-state index in [9.17, 15) is 0 Å². The summed E-state index contributed by atoms with van der Waals surface area (Å²) in [6, 6.07) is 0. The Kier molecular flexibility index (Phi) is 6.30. The minimum Gasteiger partial charge on any atom is -0.412 e. The highest BCUT2D eigenvalue weighted by Crippen LogP contribution is 2.05. The molecule has 0 unspecified atom stereocenters. The van der Waals surface area contributed by atoms with Crippen LogP contribution in [-0.2, 0) is 0 Å². The van der Waals surface area contributed by atoms with Crippen molar-refractivity contribution in [2.45, 2.75) is 6.42 Å². The minimum absolute atomic E-state index is 0. The molecule has 5 N–H and O–H groups in total. The highest BCUT2D eigenvalue weighted by molar-refractivity contribution is 4.90. The molecular formula is C8H19N3O2. The number of hydrogen-bond donors (Lipinski definition) is 2. The zero-order valence-corrected chi connectivity index (χ0v) is 7.82. The lowest BCUT2D eigenvalue weighted by Crippen LogP contribution is -2.28. The van der Waals surface area contributed by atoms with Gasteiger partial charge in [-0.05, 0) is 13.0 Å². The van der Waals surface area contributed by atoms with Gasteiger partial charge in [-0.1, -0.05) is 0 Å². The lowest BCUT2D eigenvalue weighted by molar-refractivity contribution is 0.205. The maximum atomic E-state index is 8.67. The Morgan fingerprint density at radius 1 is 1.23 bits per heavy atom. The second kappa shape index (κ2) is 6.71. The molecule has 0 aromatic heterocycles. The molecule has 1 aliphatic heterocycles. The minimum atomic E-state index is 0. The Morgan fingerprint density at radius 2 is 1.85 bits per heavy atom. The molecule has 5 nitrogen and oxygen atoms in total. The molecule has 1 rings (SSSR count). The van der Waals surface area contributed by atoms with Crippen LogP contribution in [0.3, 0.4) is 0 Å². The molecule has 0 radical (unpaired) electrons. The molecule has 5 heteroatoms. The lowest BCUT2D eigenvalue weighted by atomic mass is 10.4. The Balaban J connectivity index is 0.00000144. The van der Waals surface area contributed by atoms with Crippen LogP contribution < -0.4 is 5.73 Å². The maximum absolute atomic E-state index is 8.67. The van der Waals surface area contributed by atoms with Gasteiger partial charge < -0.3 is 26.1 Å². The van der Waals surface area contributed by atoms with E-state index in [1.165, 1.54) is 0 Å². The average Bonchev–Trinajstić information content (AvgIpc) is 2.50. The van der Waals surface area contributed by atoms with Gasteiger partial charge in [-0.25, -0.2) is 0 Å². The molecule has 0 bridgehead atoms. The van der Waals surface area contributed by atoms with Crippen LogP contribution in [0.5, 0.6) is 0 Å². The smallest absolute Gasteiger partial charge is 0.0894 e. The molecule has 1 heterocycles. The quantitative estimate of drug-likeness (QED) is 0.554. The molecule has 13 heavy (non-hydrogen) atoms. The van der Waals surface area contributed by atoms with E-state index in [2.05, 4.69) is 9.80 Å². The number of β-amino-alcohol motifs (C(OH)–C–C–N with tert-alkyl or cyclic N) is 1. The molecule has 0 aliphatic carbocycles. The highest BCUT2D eigenvalue weighted by atomic mass is 16.3. The van der Waals surface area contributed by atoms with Crippen molar-refractivity contribution in [2.24, 2.45) is 5.73 Å². The zero-order chi connectivity index (χ0) is 8.81. The van der Waals surface area contributed by atoms with Crippen LogP contribution in [0.4, 0.5) is 0 Å². The number of rotatable bonds is 5. The van der Waals surface area contributed by atoms with Crippen LogP contribution in [-0.4, -0.2) is 53.3 Å². The Labute approximate surface area is 78.7 Å². The van der Waals surface area contributed by atoms with E-state index < -0.39 is 0 Å². The molecule has 0 spiro atoms. The second-order valence-electron chi connectivity index (χ2n) is 2.93. The molecule has 0 saturated carbocycles. The van der Waals surface area contributed by atoms with Gasteiger partial charge in [0.15, 0.2) is 0 Å². The van der Waals surface area contributed by atoms with Gasteiger partial charge in [-0.3, -0.25) is 0 Å². The SMILES string of the molecule is NCCCN1C=CN(CCO)C1.O. The van der Waals surface area contributed by atoms with Crippen LogP contribution in [0.1, 0.15) is 6.42 Å². The Bertz CT molecular complexity index is 152. The van der Waals surface area contributed by atoms with Crippen molar-refractivity contribution in [3.8, 4) is 0 Å². The first-order valence-corrected chi connectivity index (χ1v) is 4.34. The van der Waals surface area contributed by atoms with Crippen molar-refractivity contribution in [3.05, 3.63) is 12.4 Å². The fourth-order valence-corrected chi connectivity index (χ4v) is 1.23. The van der Waals surface area contributed by atoms with Gasteiger partial charge in [0.25, 0.3) is 0 Å². The number of aliphatic hydroxyl groups is 1. The van der Waals surface area contributed by atoms with Crippen LogP contribution >= 0.6 is 0 Å². The molecule has 0 amide bonds. The van der Waals surface area contributed by atoms with E-state index in [1.807, 2.05) is 12.4 Å². The summed E-state index contributed by atoms with van der Waals surface area (Å²) in [5, 5.41) is 8.67. The van der Waals surface area contributed by atoms with Gasteiger partial charge in [0, 0.05) is 25.5 Å². The first-order chi connectivity index (χ1) is 5.86. The molecule has 0 atom stereocenters. The average molecular weight is 189 g/mol. The van der Waals surface area contributed by atoms with E-state index >= 15 is 0 Å². The van der Waals surface area contributed by atoms with E-state index in [0.29, 0.717) is 0 Å². The Hall–Kier alpha value is -0.780. The largest absolute Gasteiger partial charge is 0.412 e. The number of nitrogens with two attached hydrogens (primary N) is 1. The third kappa shape index (κ3) is 4.12. The van der Waals surface area contributed by atoms with Gasteiger partial charge in [0.05, 0.1) is 13.3 Å². The van der Waals surface area contributed by atoms with Crippen LogP contribution in [0.15, 0.2) is 12.4 Å². The van der Waals surface area contributed by atoms with Crippen molar-refractivity contribution in [3.63, 3.8) is 0 Å². The molecule has 0 aromatic carbocycles. The number of nitrogens with zero attached hydrogens (tertiary/aromatic N) is 2. The summed E-state index contributed by atoms with van der Waals surface area (Å²) in [4.78, 5) is 4.28. The topological polar surface area (TPSA) is 84.2 Å². The third-order valence-electron chi connectivity index (χ3n) is 1.89.